The zero-order valence-electron chi connectivity index (χ0n) is 13.3. The van der Waals surface area contributed by atoms with Gasteiger partial charge in [-0.15, -0.1) is 11.3 Å². The molecule has 0 bridgehead atoms. The molecule has 0 radical (unpaired) electrons. The molecule has 3 aromatic rings. The van der Waals surface area contributed by atoms with Crippen LogP contribution in [0.5, 0.6) is 0 Å². The van der Waals surface area contributed by atoms with Gasteiger partial charge in [-0.2, -0.15) is 5.10 Å². The summed E-state index contributed by atoms with van der Waals surface area (Å²) in [5.74, 6) is -0.198. The number of halogens is 1. The molecule has 1 N–H and O–H groups in total. The number of hydrogen-bond acceptors (Lipinski definition) is 5. The Morgan fingerprint density at radius 3 is 2.96 bits per heavy atom. The lowest BCUT2D eigenvalue weighted by Crippen LogP contribution is -2.14. The van der Waals surface area contributed by atoms with Gasteiger partial charge in [0.05, 0.1) is 22.1 Å². The second kappa shape index (κ2) is 7.11. The number of rotatable bonds is 5. The molecule has 1 amide bonds. The quantitative estimate of drug-likeness (QED) is 0.748. The SMILES string of the molecule is CCCc1nc(C)c(C(=O)Nc2cc(Cl)ccc2-n2cncn2)s1. The van der Waals surface area contributed by atoms with Crippen LogP contribution in [0.15, 0.2) is 30.9 Å². The van der Waals surface area contributed by atoms with Crippen molar-refractivity contribution in [3.8, 4) is 5.69 Å². The molecule has 2 aromatic heterocycles. The van der Waals surface area contributed by atoms with Gasteiger partial charge in [-0.1, -0.05) is 18.5 Å². The van der Waals surface area contributed by atoms with Crippen molar-refractivity contribution < 1.29 is 4.79 Å². The summed E-state index contributed by atoms with van der Waals surface area (Å²) >= 11 is 7.51. The van der Waals surface area contributed by atoms with Crippen LogP contribution < -0.4 is 5.32 Å². The summed E-state index contributed by atoms with van der Waals surface area (Å²) in [6.07, 6.45) is 4.87. The lowest BCUT2D eigenvalue weighted by molar-refractivity contribution is 0.103. The predicted molar refractivity (Wildman–Crippen MR) is 95.2 cm³/mol. The monoisotopic (exact) mass is 361 g/mol. The Morgan fingerprint density at radius 1 is 1.42 bits per heavy atom. The number of nitrogens with one attached hydrogen (secondary N) is 1. The minimum Gasteiger partial charge on any atom is -0.319 e. The second-order valence-electron chi connectivity index (χ2n) is 5.23. The highest BCUT2D eigenvalue weighted by Gasteiger charge is 2.17. The predicted octanol–water partition coefficient (Wildman–Crippen LogP) is 3.89. The van der Waals surface area contributed by atoms with Gasteiger partial charge in [-0.3, -0.25) is 4.79 Å². The number of thiazole rings is 1. The summed E-state index contributed by atoms with van der Waals surface area (Å²) in [5.41, 5.74) is 2.01. The number of hydrogen-bond donors (Lipinski definition) is 1. The highest BCUT2D eigenvalue weighted by molar-refractivity contribution is 7.13. The first-order valence-corrected chi connectivity index (χ1v) is 8.70. The van der Waals surface area contributed by atoms with E-state index in [1.807, 2.05) is 6.92 Å². The molecule has 0 aliphatic carbocycles. The van der Waals surface area contributed by atoms with Crippen molar-refractivity contribution in [2.45, 2.75) is 26.7 Å². The van der Waals surface area contributed by atoms with Crippen LogP contribution in [0.4, 0.5) is 5.69 Å². The van der Waals surface area contributed by atoms with Crippen LogP contribution in [0.1, 0.15) is 33.7 Å². The van der Waals surface area contributed by atoms with E-state index in [4.69, 9.17) is 11.6 Å². The fraction of sp³-hybridized carbons (Fsp3) is 0.250. The summed E-state index contributed by atoms with van der Waals surface area (Å²) in [7, 11) is 0. The number of benzene rings is 1. The van der Waals surface area contributed by atoms with Crippen LogP contribution in [0.25, 0.3) is 5.69 Å². The maximum absolute atomic E-state index is 12.7. The Hall–Kier alpha value is -2.25. The van der Waals surface area contributed by atoms with Crippen molar-refractivity contribution in [1.29, 1.82) is 0 Å². The van der Waals surface area contributed by atoms with Crippen molar-refractivity contribution >= 4 is 34.5 Å². The normalized spacial score (nSPS) is 10.8. The molecule has 3 rings (SSSR count). The summed E-state index contributed by atoms with van der Waals surface area (Å²) < 4.78 is 1.58. The van der Waals surface area contributed by atoms with Crippen molar-refractivity contribution in [3.63, 3.8) is 0 Å². The van der Waals surface area contributed by atoms with Crippen molar-refractivity contribution in [1.82, 2.24) is 19.7 Å². The first-order chi connectivity index (χ1) is 11.6. The molecular formula is C16H16ClN5OS. The molecule has 124 valence electrons. The van der Waals surface area contributed by atoms with E-state index in [0.29, 0.717) is 21.3 Å². The molecule has 0 aliphatic heterocycles. The zero-order valence-corrected chi connectivity index (χ0v) is 14.9. The summed E-state index contributed by atoms with van der Waals surface area (Å²) in [5, 5.41) is 8.52. The average molecular weight is 362 g/mol. The van der Waals surface area contributed by atoms with Gasteiger partial charge in [0.15, 0.2) is 0 Å². The molecule has 8 heteroatoms. The average Bonchev–Trinajstić information content (AvgIpc) is 3.18. The molecule has 6 nitrogen and oxygen atoms in total. The number of carbonyl (C=O) groups is 1. The van der Waals surface area contributed by atoms with Crippen LogP contribution >= 0.6 is 22.9 Å². The zero-order chi connectivity index (χ0) is 17.1. The molecular weight excluding hydrogens is 346 g/mol. The van der Waals surface area contributed by atoms with E-state index in [9.17, 15) is 4.79 Å². The van der Waals surface area contributed by atoms with Crippen LogP contribution in [0.2, 0.25) is 5.02 Å². The maximum Gasteiger partial charge on any atom is 0.267 e. The van der Waals surface area contributed by atoms with E-state index in [1.165, 1.54) is 17.7 Å². The van der Waals surface area contributed by atoms with Gasteiger partial charge in [-0.25, -0.2) is 14.6 Å². The van der Waals surface area contributed by atoms with Gasteiger partial charge in [0.2, 0.25) is 0 Å². The van der Waals surface area contributed by atoms with Crippen molar-refractivity contribution in [3.05, 3.63) is 51.5 Å². The third-order valence-electron chi connectivity index (χ3n) is 3.38. The summed E-state index contributed by atoms with van der Waals surface area (Å²) in [6, 6.07) is 5.22. The highest BCUT2D eigenvalue weighted by atomic mass is 35.5. The fourth-order valence-corrected chi connectivity index (χ4v) is 3.54. The third kappa shape index (κ3) is 3.47. The molecule has 0 atom stereocenters. The Kier molecular flexibility index (Phi) is 4.92. The topological polar surface area (TPSA) is 72.7 Å². The minimum absolute atomic E-state index is 0.198. The summed E-state index contributed by atoms with van der Waals surface area (Å²) in [4.78, 5) is 21.7. The molecule has 0 saturated heterocycles. The highest BCUT2D eigenvalue weighted by Crippen LogP contribution is 2.26. The summed E-state index contributed by atoms with van der Waals surface area (Å²) in [6.45, 7) is 3.94. The van der Waals surface area contributed by atoms with Gasteiger partial charge in [0.25, 0.3) is 5.91 Å². The van der Waals surface area contributed by atoms with Crippen LogP contribution in [0, 0.1) is 6.92 Å². The fourth-order valence-electron chi connectivity index (χ4n) is 2.30. The van der Waals surface area contributed by atoms with Gasteiger partial charge >= 0.3 is 0 Å². The molecule has 0 saturated carbocycles. The maximum atomic E-state index is 12.7. The Morgan fingerprint density at radius 2 is 2.25 bits per heavy atom. The van der Waals surface area contributed by atoms with E-state index >= 15 is 0 Å². The number of nitrogens with zero attached hydrogens (tertiary/aromatic N) is 4. The number of anilines is 1. The van der Waals surface area contributed by atoms with E-state index in [1.54, 1.807) is 29.2 Å². The minimum atomic E-state index is -0.198. The largest absolute Gasteiger partial charge is 0.319 e. The first-order valence-electron chi connectivity index (χ1n) is 7.50. The first kappa shape index (κ1) is 16.6. The molecule has 2 heterocycles. The van der Waals surface area contributed by atoms with E-state index in [0.717, 1.165) is 23.5 Å². The number of aryl methyl sites for hydroxylation is 2. The number of amides is 1. The van der Waals surface area contributed by atoms with Gasteiger partial charge in [-0.05, 0) is 38.0 Å². The van der Waals surface area contributed by atoms with Crippen LogP contribution in [-0.2, 0) is 6.42 Å². The molecule has 0 spiro atoms. The van der Waals surface area contributed by atoms with Crippen LogP contribution in [0.3, 0.4) is 0 Å². The molecule has 0 unspecified atom stereocenters. The van der Waals surface area contributed by atoms with Gasteiger partial charge in [0, 0.05) is 5.02 Å². The Labute approximate surface area is 148 Å². The third-order valence-corrected chi connectivity index (χ3v) is 4.83. The molecule has 0 fully saturated rings. The lowest BCUT2D eigenvalue weighted by atomic mass is 10.2. The number of carbonyl (C=O) groups excluding carboxylic acids is 1. The van der Waals surface area contributed by atoms with Crippen molar-refractivity contribution in [2.24, 2.45) is 0 Å². The van der Waals surface area contributed by atoms with Gasteiger partial charge < -0.3 is 5.32 Å². The smallest absolute Gasteiger partial charge is 0.267 e. The van der Waals surface area contributed by atoms with E-state index in [2.05, 4.69) is 27.3 Å². The van der Waals surface area contributed by atoms with Gasteiger partial charge in [0.1, 0.15) is 17.5 Å². The Balaban J connectivity index is 1.91. The van der Waals surface area contributed by atoms with E-state index < -0.39 is 0 Å². The van der Waals surface area contributed by atoms with Crippen molar-refractivity contribution in [2.75, 3.05) is 5.32 Å². The lowest BCUT2D eigenvalue weighted by Gasteiger charge is -2.11. The standard InChI is InChI=1S/C16H16ClN5OS/c1-3-4-14-20-10(2)15(24-14)16(23)21-12-7-11(17)5-6-13(12)22-9-18-8-19-22/h5-9H,3-4H2,1-2H3,(H,21,23). The van der Waals surface area contributed by atoms with E-state index in [-0.39, 0.29) is 5.91 Å². The Bertz CT molecular complexity index is 859. The second-order valence-corrected chi connectivity index (χ2v) is 6.75. The number of aromatic nitrogens is 4. The molecule has 0 aliphatic rings. The molecule has 24 heavy (non-hydrogen) atoms. The molecule has 1 aromatic carbocycles. The van der Waals surface area contributed by atoms with Crippen LogP contribution in [-0.4, -0.2) is 25.7 Å².